The van der Waals surface area contributed by atoms with Crippen molar-refractivity contribution >= 4 is 0 Å². The maximum Gasteiger partial charge on any atom is 0.0709 e. The van der Waals surface area contributed by atoms with Crippen LogP contribution in [0.4, 0.5) is 0 Å². The van der Waals surface area contributed by atoms with E-state index in [2.05, 4.69) is 29.2 Å². The summed E-state index contributed by atoms with van der Waals surface area (Å²) in [4.78, 5) is 2.46. The molecule has 0 saturated heterocycles. The van der Waals surface area contributed by atoms with E-state index in [1.807, 2.05) is 6.92 Å². The van der Waals surface area contributed by atoms with Crippen molar-refractivity contribution in [2.24, 2.45) is 5.73 Å². The van der Waals surface area contributed by atoms with Gasteiger partial charge in [0.25, 0.3) is 0 Å². The fourth-order valence-electron chi connectivity index (χ4n) is 2.39. The van der Waals surface area contributed by atoms with Gasteiger partial charge in [-0.05, 0) is 24.5 Å². The SMILES string of the molecule is CCOC(CN)CCN1Cc2ccccc2C1. The zero-order chi connectivity index (χ0) is 12.1. The van der Waals surface area contributed by atoms with Crippen molar-refractivity contribution < 1.29 is 4.74 Å². The summed E-state index contributed by atoms with van der Waals surface area (Å²) in [5.74, 6) is 0. The average molecular weight is 234 g/mol. The molecule has 0 bridgehead atoms. The fourth-order valence-corrected chi connectivity index (χ4v) is 2.39. The van der Waals surface area contributed by atoms with Gasteiger partial charge in [0.2, 0.25) is 0 Å². The summed E-state index contributed by atoms with van der Waals surface area (Å²) >= 11 is 0. The molecular weight excluding hydrogens is 212 g/mol. The van der Waals surface area contributed by atoms with Crippen LogP contribution in [0.2, 0.25) is 0 Å². The van der Waals surface area contributed by atoms with Gasteiger partial charge in [-0.25, -0.2) is 0 Å². The number of benzene rings is 1. The Balaban J connectivity index is 1.79. The highest BCUT2D eigenvalue weighted by molar-refractivity contribution is 5.30. The summed E-state index contributed by atoms with van der Waals surface area (Å²) in [7, 11) is 0. The first-order chi connectivity index (χ1) is 8.33. The van der Waals surface area contributed by atoms with E-state index in [1.54, 1.807) is 0 Å². The molecule has 1 aliphatic rings. The quantitative estimate of drug-likeness (QED) is 0.815. The highest BCUT2D eigenvalue weighted by Gasteiger charge is 2.18. The molecule has 0 aromatic heterocycles. The lowest BCUT2D eigenvalue weighted by atomic mass is 10.1. The standard InChI is InChI=1S/C14H22N2O/c1-2-17-14(9-15)7-8-16-10-12-5-3-4-6-13(12)11-16/h3-6,14H,2,7-11,15H2,1H3. The van der Waals surface area contributed by atoms with Crippen molar-refractivity contribution in [2.75, 3.05) is 19.7 Å². The van der Waals surface area contributed by atoms with Crippen LogP contribution in [-0.4, -0.2) is 30.7 Å². The molecule has 1 atom stereocenters. The van der Waals surface area contributed by atoms with Gasteiger partial charge in [0, 0.05) is 32.8 Å². The maximum absolute atomic E-state index is 5.68. The molecule has 1 aliphatic heterocycles. The molecule has 3 heteroatoms. The van der Waals surface area contributed by atoms with E-state index in [9.17, 15) is 0 Å². The predicted octanol–water partition coefficient (Wildman–Crippen LogP) is 1.76. The number of nitrogens with two attached hydrogens (primary N) is 1. The van der Waals surface area contributed by atoms with E-state index in [-0.39, 0.29) is 6.10 Å². The molecule has 2 N–H and O–H groups in total. The lowest BCUT2D eigenvalue weighted by molar-refractivity contribution is 0.0540. The number of hydrogen-bond acceptors (Lipinski definition) is 3. The van der Waals surface area contributed by atoms with Crippen LogP contribution >= 0.6 is 0 Å². The van der Waals surface area contributed by atoms with Gasteiger partial charge in [0.1, 0.15) is 0 Å². The van der Waals surface area contributed by atoms with Gasteiger partial charge in [0.15, 0.2) is 0 Å². The largest absolute Gasteiger partial charge is 0.377 e. The molecule has 1 heterocycles. The molecule has 1 aromatic carbocycles. The highest BCUT2D eigenvalue weighted by Crippen LogP contribution is 2.22. The van der Waals surface area contributed by atoms with Gasteiger partial charge >= 0.3 is 0 Å². The van der Waals surface area contributed by atoms with Gasteiger partial charge in [0.05, 0.1) is 6.10 Å². The lowest BCUT2D eigenvalue weighted by Gasteiger charge is -2.19. The van der Waals surface area contributed by atoms with Crippen LogP contribution in [0, 0.1) is 0 Å². The molecule has 1 aromatic rings. The Hall–Kier alpha value is -0.900. The molecule has 0 radical (unpaired) electrons. The summed E-state index contributed by atoms with van der Waals surface area (Å²) in [5.41, 5.74) is 8.62. The fraction of sp³-hybridized carbons (Fsp3) is 0.571. The maximum atomic E-state index is 5.68. The Bertz CT molecular complexity index is 329. The molecule has 0 fully saturated rings. The molecule has 0 amide bonds. The van der Waals surface area contributed by atoms with Crippen LogP contribution in [0.5, 0.6) is 0 Å². The smallest absolute Gasteiger partial charge is 0.0709 e. The molecule has 0 aliphatic carbocycles. The number of nitrogens with zero attached hydrogens (tertiary/aromatic N) is 1. The number of fused-ring (bicyclic) bond motifs is 1. The molecular formula is C14H22N2O. The van der Waals surface area contributed by atoms with Gasteiger partial charge in [-0.15, -0.1) is 0 Å². The second-order valence-electron chi connectivity index (χ2n) is 4.58. The van der Waals surface area contributed by atoms with Crippen molar-refractivity contribution in [3.05, 3.63) is 35.4 Å². The van der Waals surface area contributed by atoms with Crippen LogP contribution in [0.3, 0.4) is 0 Å². The topological polar surface area (TPSA) is 38.5 Å². The Morgan fingerprint density at radius 3 is 2.47 bits per heavy atom. The molecule has 0 spiro atoms. The van der Waals surface area contributed by atoms with Gasteiger partial charge in [-0.1, -0.05) is 24.3 Å². The van der Waals surface area contributed by atoms with Crippen LogP contribution < -0.4 is 5.73 Å². The molecule has 2 rings (SSSR count). The number of ether oxygens (including phenoxy) is 1. The third-order valence-corrected chi connectivity index (χ3v) is 3.34. The Morgan fingerprint density at radius 2 is 1.94 bits per heavy atom. The monoisotopic (exact) mass is 234 g/mol. The zero-order valence-electron chi connectivity index (χ0n) is 10.6. The normalized spacial score (nSPS) is 17.1. The molecule has 94 valence electrons. The van der Waals surface area contributed by atoms with Gasteiger partial charge in [-0.2, -0.15) is 0 Å². The summed E-state index contributed by atoms with van der Waals surface area (Å²) in [6.45, 7) is 6.60. The Morgan fingerprint density at radius 1 is 1.29 bits per heavy atom. The minimum Gasteiger partial charge on any atom is -0.377 e. The Kier molecular flexibility index (Phi) is 4.54. The first kappa shape index (κ1) is 12.6. The Labute approximate surface area is 104 Å². The summed E-state index contributed by atoms with van der Waals surface area (Å²) in [6, 6.07) is 8.67. The molecule has 3 nitrogen and oxygen atoms in total. The predicted molar refractivity (Wildman–Crippen MR) is 69.6 cm³/mol. The second kappa shape index (κ2) is 6.15. The van der Waals surface area contributed by atoms with Crippen molar-refractivity contribution in [3.8, 4) is 0 Å². The van der Waals surface area contributed by atoms with E-state index < -0.39 is 0 Å². The summed E-state index contributed by atoms with van der Waals surface area (Å²) in [6.07, 6.45) is 1.24. The minimum absolute atomic E-state index is 0.212. The minimum atomic E-state index is 0.212. The third kappa shape index (κ3) is 3.28. The van der Waals surface area contributed by atoms with E-state index in [4.69, 9.17) is 10.5 Å². The highest BCUT2D eigenvalue weighted by atomic mass is 16.5. The summed E-state index contributed by atoms with van der Waals surface area (Å²) in [5, 5.41) is 0. The first-order valence-electron chi connectivity index (χ1n) is 6.44. The lowest BCUT2D eigenvalue weighted by Crippen LogP contribution is -2.29. The van der Waals surface area contributed by atoms with Crippen molar-refractivity contribution in [1.29, 1.82) is 0 Å². The van der Waals surface area contributed by atoms with Crippen LogP contribution in [-0.2, 0) is 17.8 Å². The second-order valence-corrected chi connectivity index (χ2v) is 4.58. The molecule has 1 unspecified atom stereocenters. The van der Waals surface area contributed by atoms with E-state index in [0.717, 1.165) is 32.7 Å². The van der Waals surface area contributed by atoms with Crippen molar-refractivity contribution in [2.45, 2.75) is 32.5 Å². The molecule has 17 heavy (non-hydrogen) atoms. The molecule has 0 saturated carbocycles. The van der Waals surface area contributed by atoms with Gasteiger partial charge in [-0.3, -0.25) is 4.90 Å². The van der Waals surface area contributed by atoms with E-state index in [1.165, 1.54) is 11.1 Å². The first-order valence-corrected chi connectivity index (χ1v) is 6.44. The van der Waals surface area contributed by atoms with Crippen molar-refractivity contribution in [3.63, 3.8) is 0 Å². The van der Waals surface area contributed by atoms with Crippen LogP contribution in [0.1, 0.15) is 24.5 Å². The average Bonchev–Trinajstić information content (AvgIpc) is 2.77. The van der Waals surface area contributed by atoms with Crippen LogP contribution in [0.15, 0.2) is 24.3 Å². The zero-order valence-corrected chi connectivity index (χ0v) is 10.6. The van der Waals surface area contributed by atoms with Crippen LogP contribution in [0.25, 0.3) is 0 Å². The third-order valence-electron chi connectivity index (χ3n) is 3.34. The van der Waals surface area contributed by atoms with E-state index in [0.29, 0.717) is 6.54 Å². The summed E-state index contributed by atoms with van der Waals surface area (Å²) < 4.78 is 5.58. The number of hydrogen-bond donors (Lipinski definition) is 1. The van der Waals surface area contributed by atoms with Crippen molar-refractivity contribution in [1.82, 2.24) is 4.90 Å². The number of rotatable bonds is 6. The van der Waals surface area contributed by atoms with E-state index >= 15 is 0 Å². The van der Waals surface area contributed by atoms with Gasteiger partial charge < -0.3 is 10.5 Å².